The van der Waals surface area contributed by atoms with E-state index < -0.39 is 0 Å². The SMILES string of the molecule is c1ccc(P(N2CCCCC2)N2CCCCC2)cc1. The van der Waals surface area contributed by atoms with Crippen molar-refractivity contribution in [3.05, 3.63) is 30.3 Å². The van der Waals surface area contributed by atoms with Gasteiger partial charge in [-0.15, -0.1) is 0 Å². The van der Waals surface area contributed by atoms with Crippen molar-refractivity contribution in [1.82, 2.24) is 9.34 Å². The van der Waals surface area contributed by atoms with Gasteiger partial charge in [-0.05, 0) is 25.7 Å². The van der Waals surface area contributed by atoms with E-state index in [4.69, 9.17) is 0 Å². The zero-order chi connectivity index (χ0) is 12.9. The maximum absolute atomic E-state index is 2.78. The predicted octanol–water partition coefficient (Wildman–Crippen LogP) is 3.60. The minimum absolute atomic E-state index is 0.225. The van der Waals surface area contributed by atoms with E-state index in [2.05, 4.69) is 39.7 Å². The first-order chi connectivity index (χ1) is 9.45. The normalized spacial score (nSPS) is 22.8. The Bertz CT molecular complexity index is 352. The summed E-state index contributed by atoms with van der Waals surface area (Å²) in [6.45, 7) is 5.21. The molecule has 2 aliphatic heterocycles. The summed E-state index contributed by atoms with van der Waals surface area (Å²) < 4.78 is 5.55. The third-order valence-corrected chi connectivity index (χ3v) is 6.82. The Morgan fingerprint density at radius 2 is 1.11 bits per heavy atom. The highest BCUT2D eigenvalue weighted by molar-refractivity contribution is 7.61. The summed E-state index contributed by atoms with van der Waals surface area (Å²) in [5.74, 6) is 0. The van der Waals surface area contributed by atoms with Gasteiger partial charge in [0.1, 0.15) is 0 Å². The van der Waals surface area contributed by atoms with Crippen LogP contribution in [0.1, 0.15) is 38.5 Å². The molecule has 3 heteroatoms. The van der Waals surface area contributed by atoms with E-state index >= 15 is 0 Å². The van der Waals surface area contributed by atoms with Gasteiger partial charge in [-0.3, -0.25) is 9.34 Å². The van der Waals surface area contributed by atoms with Crippen LogP contribution < -0.4 is 5.30 Å². The van der Waals surface area contributed by atoms with Crippen LogP contribution in [0.15, 0.2) is 30.3 Å². The number of hydrogen-bond donors (Lipinski definition) is 0. The smallest absolute Gasteiger partial charge is 0.0724 e. The summed E-state index contributed by atoms with van der Waals surface area (Å²) in [6, 6.07) is 11.2. The van der Waals surface area contributed by atoms with Gasteiger partial charge >= 0.3 is 0 Å². The lowest BCUT2D eigenvalue weighted by atomic mass is 10.2. The molecule has 0 spiro atoms. The molecular weight excluding hydrogens is 251 g/mol. The van der Waals surface area contributed by atoms with Gasteiger partial charge in [0.15, 0.2) is 0 Å². The standard InChI is InChI=1S/C16H25N2P/c1-4-10-16(11-5-1)19(17-12-6-2-7-13-17)18-14-8-3-9-15-18/h1,4-5,10-11H,2-3,6-9,12-15H2. The molecule has 0 bridgehead atoms. The Morgan fingerprint density at radius 1 is 0.632 bits per heavy atom. The van der Waals surface area contributed by atoms with E-state index in [-0.39, 0.29) is 8.22 Å². The molecule has 0 unspecified atom stereocenters. The van der Waals surface area contributed by atoms with Crippen LogP contribution in [-0.2, 0) is 0 Å². The zero-order valence-electron chi connectivity index (χ0n) is 11.8. The molecule has 3 rings (SSSR count). The van der Waals surface area contributed by atoms with Crippen LogP contribution in [0.4, 0.5) is 0 Å². The molecule has 19 heavy (non-hydrogen) atoms. The van der Waals surface area contributed by atoms with Crippen LogP contribution in [0.5, 0.6) is 0 Å². The lowest BCUT2D eigenvalue weighted by Crippen LogP contribution is -2.38. The van der Waals surface area contributed by atoms with Gasteiger partial charge in [0.05, 0.1) is 8.22 Å². The second-order valence-corrected chi connectivity index (χ2v) is 7.88. The third kappa shape index (κ3) is 3.37. The summed E-state index contributed by atoms with van der Waals surface area (Å²) in [5.41, 5.74) is 0. The monoisotopic (exact) mass is 276 g/mol. The van der Waals surface area contributed by atoms with Gasteiger partial charge in [0, 0.05) is 31.5 Å². The van der Waals surface area contributed by atoms with Crippen LogP contribution >= 0.6 is 8.22 Å². The number of benzene rings is 1. The van der Waals surface area contributed by atoms with Crippen molar-refractivity contribution in [3.8, 4) is 0 Å². The van der Waals surface area contributed by atoms with Crippen LogP contribution in [0, 0.1) is 0 Å². The molecule has 0 radical (unpaired) electrons. The molecule has 0 atom stereocenters. The molecule has 0 aromatic heterocycles. The first kappa shape index (κ1) is 13.5. The van der Waals surface area contributed by atoms with Gasteiger partial charge < -0.3 is 0 Å². The van der Waals surface area contributed by atoms with Crippen molar-refractivity contribution in [3.63, 3.8) is 0 Å². The second-order valence-electron chi connectivity index (χ2n) is 5.65. The van der Waals surface area contributed by atoms with E-state index in [1.54, 1.807) is 5.30 Å². The highest BCUT2D eigenvalue weighted by Crippen LogP contribution is 2.46. The number of hydrogen-bond acceptors (Lipinski definition) is 2. The van der Waals surface area contributed by atoms with Crippen LogP contribution in [0.3, 0.4) is 0 Å². The minimum Gasteiger partial charge on any atom is -0.266 e. The van der Waals surface area contributed by atoms with E-state index in [1.807, 2.05) is 0 Å². The maximum Gasteiger partial charge on any atom is 0.0724 e. The maximum atomic E-state index is 2.78. The Labute approximate surface area is 118 Å². The molecule has 2 aliphatic rings. The fourth-order valence-corrected chi connectivity index (χ4v) is 5.97. The zero-order valence-corrected chi connectivity index (χ0v) is 12.7. The topological polar surface area (TPSA) is 6.48 Å². The summed E-state index contributed by atoms with van der Waals surface area (Å²) >= 11 is 0. The van der Waals surface area contributed by atoms with Gasteiger partial charge in [-0.2, -0.15) is 0 Å². The number of nitrogens with zero attached hydrogens (tertiary/aromatic N) is 2. The molecule has 1 aromatic rings. The highest BCUT2D eigenvalue weighted by Gasteiger charge is 2.28. The van der Waals surface area contributed by atoms with Crippen molar-refractivity contribution < 1.29 is 0 Å². The first-order valence-electron chi connectivity index (χ1n) is 7.80. The van der Waals surface area contributed by atoms with Crippen LogP contribution in [0.2, 0.25) is 0 Å². The number of rotatable bonds is 3. The van der Waals surface area contributed by atoms with Crippen LogP contribution in [0.25, 0.3) is 0 Å². The highest BCUT2D eigenvalue weighted by atomic mass is 31.1. The molecule has 0 amide bonds. The molecular formula is C16H25N2P. The quantitative estimate of drug-likeness (QED) is 0.778. The fourth-order valence-electron chi connectivity index (χ4n) is 3.20. The molecule has 2 saturated heterocycles. The Balaban J connectivity index is 1.81. The van der Waals surface area contributed by atoms with Crippen molar-refractivity contribution in [1.29, 1.82) is 0 Å². The molecule has 2 fully saturated rings. The minimum atomic E-state index is -0.225. The summed E-state index contributed by atoms with van der Waals surface area (Å²) in [7, 11) is -0.225. The molecule has 2 nitrogen and oxygen atoms in total. The second kappa shape index (κ2) is 6.83. The Hall–Kier alpha value is -0.430. The molecule has 0 saturated carbocycles. The van der Waals surface area contributed by atoms with Crippen molar-refractivity contribution in [2.24, 2.45) is 0 Å². The van der Waals surface area contributed by atoms with Gasteiger partial charge in [-0.25, -0.2) is 0 Å². The molecule has 0 N–H and O–H groups in total. The van der Waals surface area contributed by atoms with Crippen LogP contribution in [-0.4, -0.2) is 35.5 Å². The lowest BCUT2D eigenvalue weighted by Gasteiger charge is -2.42. The van der Waals surface area contributed by atoms with E-state index in [1.165, 1.54) is 64.7 Å². The molecule has 0 aliphatic carbocycles. The first-order valence-corrected chi connectivity index (χ1v) is 9.05. The summed E-state index contributed by atoms with van der Waals surface area (Å²) in [5, 5.41) is 1.56. The van der Waals surface area contributed by atoms with E-state index in [0.717, 1.165) is 0 Å². The van der Waals surface area contributed by atoms with Crippen molar-refractivity contribution in [2.75, 3.05) is 26.2 Å². The molecule has 2 heterocycles. The summed E-state index contributed by atoms with van der Waals surface area (Å²) in [4.78, 5) is 0. The summed E-state index contributed by atoms with van der Waals surface area (Å²) in [6.07, 6.45) is 8.40. The van der Waals surface area contributed by atoms with Gasteiger partial charge in [-0.1, -0.05) is 43.2 Å². The van der Waals surface area contributed by atoms with Crippen molar-refractivity contribution >= 4 is 13.5 Å². The molecule has 1 aromatic carbocycles. The average Bonchev–Trinajstić information content (AvgIpc) is 2.51. The van der Waals surface area contributed by atoms with E-state index in [9.17, 15) is 0 Å². The fraction of sp³-hybridized carbons (Fsp3) is 0.625. The Kier molecular flexibility index (Phi) is 4.87. The lowest BCUT2D eigenvalue weighted by molar-refractivity contribution is 0.315. The largest absolute Gasteiger partial charge is 0.266 e. The van der Waals surface area contributed by atoms with Gasteiger partial charge in [0.2, 0.25) is 0 Å². The predicted molar refractivity (Wildman–Crippen MR) is 83.8 cm³/mol. The molecule has 104 valence electrons. The van der Waals surface area contributed by atoms with E-state index in [0.29, 0.717) is 0 Å². The Morgan fingerprint density at radius 3 is 1.58 bits per heavy atom. The average molecular weight is 276 g/mol. The van der Waals surface area contributed by atoms with Crippen molar-refractivity contribution in [2.45, 2.75) is 38.5 Å². The number of piperidine rings is 2. The van der Waals surface area contributed by atoms with Gasteiger partial charge in [0.25, 0.3) is 0 Å². The third-order valence-electron chi connectivity index (χ3n) is 4.19.